The van der Waals surface area contributed by atoms with Crippen molar-refractivity contribution in [1.29, 1.82) is 0 Å². The Morgan fingerprint density at radius 1 is 0.949 bits per heavy atom. The van der Waals surface area contributed by atoms with Crippen molar-refractivity contribution in [2.24, 2.45) is 0 Å². The fraction of sp³-hybridized carbons (Fsp3) is 0.258. The van der Waals surface area contributed by atoms with Crippen LogP contribution >= 0.6 is 11.6 Å². The first-order valence-electron chi connectivity index (χ1n) is 12.8. The van der Waals surface area contributed by atoms with E-state index in [1.165, 1.54) is 5.56 Å². The Hall–Kier alpha value is -3.78. The molecule has 0 saturated heterocycles. The first-order valence-corrected chi connectivity index (χ1v) is 13.2. The average Bonchev–Trinajstić information content (AvgIpc) is 2.96. The molecule has 4 aromatic rings. The van der Waals surface area contributed by atoms with Crippen LogP contribution < -0.4 is 24.8 Å². The SMILES string of the molecule is COc1ccc(/C=C/Cc2ccc(OCC(O)CNCCNc3ccnc4cc(Cl)ccc34)cc2)cc1OC. The van der Waals surface area contributed by atoms with Crippen LogP contribution in [0.5, 0.6) is 17.2 Å². The lowest BCUT2D eigenvalue weighted by atomic mass is 10.1. The molecule has 0 amide bonds. The van der Waals surface area contributed by atoms with Crippen molar-refractivity contribution in [2.45, 2.75) is 12.5 Å². The molecule has 3 N–H and O–H groups in total. The predicted molar refractivity (Wildman–Crippen MR) is 158 cm³/mol. The van der Waals surface area contributed by atoms with Gasteiger partial charge in [-0.15, -0.1) is 0 Å². The summed E-state index contributed by atoms with van der Waals surface area (Å²) in [7, 11) is 3.26. The van der Waals surface area contributed by atoms with Gasteiger partial charge in [-0.3, -0.25) is 4.98 Å². The summed E-state index contributed by atoms with van der Waals surface area (Å²) in [6.07, 6.45) is 6.10. The van der Waals surface area contributed by atoms with E-state index in [1.54, 1.807) is 20.4 Å². The number of nitrogens with zero attached hydrogens (tertiary/aromatic N) is 1. The fourth-order valence-corrected chi connectivity index (χ4v) is 4.26. The molecule has 0 aliphatic heterocycles. The molecule has 8 heteroatoms. The van der Waals surface area contributed by atoms with Crippen LogP contribution in [0, 0.1) is 0 Å². The van der Waals surface area contributed by atoms with Crippen molar-refractivity contribution in [1.82, 2.24) is 10.3 Å². The zero-order valence-corrected chi connectivity index (χ0v) is 22.9. The summed E-state index contributed by atoms with van der Waals surface area (Å²) in [6.45, 7) is 2.05. The Balaban J connectivity index is 1.14. The number of aliphatic hydroxyl groups is 1. The van der Waals surface area contributed by atoms with E-state index >= 15 is 0 Å². The van der Waals surface area contributed by atoms with E-state index in [0.717, 1.165) is 34.3 Å². The standard InChI is InChI=1S/C31H34ClN3O4/c1-37-30-13-8-23(18-31(30)38-2)5-3-4-22-6-10-26(11-7-22)39-21-25(36)20-33-16-17-35-28-14-15-34-29-19-24(32)9-12-27(28)29/h3,5-15,18-19,25,33,36H,4,16-17,20-21H2,1-2H3,(H,34,35)/b5-3+. The second-order valence-electron chi connectivity index (χ2n) is 8.98. The Bertz CT molecular complexity index is 1380. The maximum atomic E-state index is 10.3. The summed E-state index contributed by atoms with van der Waals surface area (Å²) >= 11 is 6.06. The first kappa shape index (κ1) is 28.2. The fourth-order valence-electron chi connectivity index (χ4n) is 4.09. The maximum Gasteiger partial charge on any atom is 0.161 e. The van der Waals surface area contributed by atoms with E-state index in [1.807, 2.05) is 66.7 Å². The van der Waals surface area contributed by atoms with Crippen molar-refractivity contribution < 1.29 is 19.3 Å². The van der Waals surface area contributed by atoms with Crippen molar-refractivity contribution in [3.05, 3.63) is 95.2 Å². The van der Waals surface area contributed by atoms with Gasteiger partial charge in [0.25, 0.3) is 0 Å². The third-order valence-electron chi connectivity index (χ3n) is 6.14. The smallest absolute Gasteiger partial charge is 0.161 e. The molecule has 0 bridgehead atoms. The number of rotatable bonds is 14. The number of hydrogen-bond acceptors (Lipinski definition) is 7. The number of aromatic nitrogens is 1. The molecule has 0 fully saturated rings. The number of benzene rings is 3. The van der Waals surface area contributed by atoms with Crippen molar-refractivity contribution in [3.8, 4) is 17.2 Å². The lowest BCUT2D eigenvalue weighted by Gasteiger charge is -2.14. The minimum Gasteiger partial charge on any atom is -0.493 e. The molecule has 1 atom stereocenters. The van der Waals surface area contributed by atoms with Gasteiger partial charge in [0.15, 0.2) is 11.5 Å². The molecule has 3 aromatic carbocycles. The molecule has 7 nitrogen and oxygen atoms in total. The molecule has 39 heavy (non-hydrogen) atoms. The van der Waals surface area contributed by atoms with Gasteiger partial charge in [-0.2, -0.15) is 0 Å². The topological polar surface area (TPSA) is 84.9 Å². The highest BCUT2D eigenvalue weighted by atomic mass is 35.5. The van der Waals surface area contributed by atoms with Gasteiger partial charge in [-0.05, 0) is 66.1 Å². The number of nitrogens with one attached hydrogen (secondary N) is 2. The minimum atomic E-state index is -0.613. The van der Waals surface area contributed by atoms with Gasteiger partial charge in [-0.1, -0.05) is 42.0 Å². The summed E-state index contributed by atoms with van der Waals surface area (Å²) in [5.41, 5.74) is 4.07. The molecular weight excluding hydrogens is 514 g/mol. The zero-order chi connectivity index (χ0) is 27.5. The Morgan fingerprint density at radius 2 is 1.77 bits per heavy atom. The molecular formula is C31H34ClN3O4. The minimum absolute atomic E-state index is 0.217. The monoisotopic (exact) mass is 547 g/mol. The lowest BCUT2D eigenvalue weighted by Crippen LogP contribution is -2.34. The van der Waals surface area contributed by atoms with Crippen LogP contribution in [-0.2, 0) is 6.42 Å². The summed E-state index contributed by atoms with van der Waals surface area (Å²) in [5, 5.41) is 18.6. The summed E-state index contributed by atoms with van der Waals surface area (Å²) in [6, 6.07) is 21.4. The third-order valence-corrected chi connectivity index (χ3v) is 6.37. The molecule has 0 aliphatic carbocycles. The Kier molecular flexibility index (Phi) is 10.4. The maximum absolute atomic E-state index is 10.3. The number of aliphatic hydroxyl groups excluding tert-OH is 1. The van der Waals surface area contributed by atoms with Gasteiger partial charge in [0.05, 0.1) is 19.7 Å². The number of hydrogen-bond donors (Lipinski definition) is 3. The molecule has 0 aliphatic rings. The number of pyridine rings is 1. The summed E-state index contributed by atoms with van der Waals surface area (Å²) in [4.78, 5) is 4.36. The molecule has 0 spiro atoms. The quantitative estimate of drug-likeness (QED) is 0.177. The highest BCUT2D eigenvalue weighted by Gasteiger charge is 2.06. The van der Waals surface area contributed by atoms with E-state index in [-0.39, 0.29) is 6.61 Å². The number of ether oxygens (including phenoxy) is 3. The van der Waals surface area contributed by atoms with Crippen molar-refractivity contribution in [2.75, 3.05) is 45.8 Å². The van der Waals surface area contributed by atoms with E-state index < -0.39 is 6.10 Å². The third kappa shape index (κ3) is 8.35. The van der Waals surface area contributed by atoms with Gasteiger partial charge in [0, 0.05) is 41.9 Å². The molecule has 1 unspecified atom stereocenters. The highest BCUT2D eigenvalue weighted by molar-refractivity contribution is 6.31. The molecule has 0 saturated carbocycles. The van der Waals surface area contributed by atoms with E-state index in [2.05, 4.69) is 27.8 Å². The van der Waals surface area contributed by atoms with Gasteiger partial charge in [0.1, 0.15) is 18.5 Å². The highest BCUT2D eigenvalue weighted by Crippen LogP contribution is 2.28. The van der Waals surface area contributed by atoms with Gasteiger partial charge >= 0.3 is 0 Å². The van der Waals surface area contributed by atoms with Crippen LogP contribution in [0.25, 0.3) is 17.0 Å². The molecule has 4 rings (SSSR count). The molecule has 1 heterocycles. The van der Waals surface area contributed by atoms with Crippen LogP contribution in [-0.4, -0.2) is 56.7 Å². The Labute approximate surface area is 234 Å². The molecule has 204 valence electrons. The number of allylic oxidation sites excluding steroid dienone is 1. The normalized spacial score (nSPS) is 12.0. The number of anilines is 1. The van der Waals surface area contributed by atoms with Crippen molar-refractivity contribution >= 4 is 34.3 Å². The molecule has 0 radical (unpaired) electrons. The van der Waals surface area contributed by atoms with Gasteiger partial charge in [-0.25, -0.2) is 0 Å². The second-order valence-corrected chi connectivity index (χ2v) is 9.42. The van der Waals surface area contributed by atoms with E-state index in [9.17, 15) is 5.11 Å². The van der Waals surface area contributed by atoms with Crippen LogP contribution in [0.3, 0.4) is 0 Å². The van der Waals surface area contributed by atoms with E-state index in [0.29, 0.717) is 36.2 Å². The Morgan fingerprint density at radius 3 is 2.56 bits per heavy atom. The number of halogens is 1. The number of fused-ring (bicyclic) bond motifs is 1. The van der Waals surface area contributed by atoms with Crippen LogP contribution in [0.1, 0.15) is 11.1 Å². The second kappa shape index (κ2) is 14.4. The van der Waals surface area contributed by atoms with Gasteiger partial charge in [0.2, 0.25) is 0 Å². The molecule has 1 aromatic heterocycles. The average molecular weight is 548 g/mol. The van der Waals surface area contributed by atoms with Crippen LogP contribution in [0.2, 0.25) is 5.02 Å². The van der Waals surface area contributed by atoms with E-state index in [4.69, 9.17) is 25.8 Å². The predicted octanol–water partition coefficient (Wildman–Crippen LogP) is 5.60. The van der Waals surface area contributed by atoms with Crippen LogP contribution in [0.15, 0.2) is 79.0 Å². The van der Waals surface area contributed by atoms with Crippen LogP contribution in [0.4, 0.5) is 5.69 Å². The largest absolute Gasteiger partial charge is 0.493 e. The summed E-state index contributed by atoms with van der Waals surface area (Å²) < 4.78 is 16.4. The first-order chi connectivity index (χ1) is 19.1. The van der Waals surface area contributed by atoms with Crippen molar-refractivity contribution in [3.63, 3.8) is 0 Å². The summed E-state index contributed by atoms with van der Waals surface area (Å²) in [5.74, 6) is 2.15. The lowest BCUT2D eigenvalue weighted by molar-refractivity contribution is 0.107. The number of methoxy groups -OCH3 is 2. The van der Waals surface area contributed by atoms with Gasteiger partial charge < -0.3 is 30.0 Å². The zero-order valence-electron chi connectivity index (χ0n) is 22.2.